The first-order valence-corrected chi connectivity index (χ1v) is 6.84. The molecule has 1 aromatic heterocycles. The summed E-state index contributed by atoms with van der Waals surface area (Å²) >= 11 is 0. The predicted molar refractivity (Wildman–Crippen MR) is 80.6 cm³/mol. The quantitative estimate of drug-likeness (QED) is 0.897. The minimum Gasteiger partial charge on any atom is -0.381 e. The monoisotopic (exact) mass is 272 g/mol. The molecule has 20 heavy (non-hydrogen) atoms. The molecule has 0 aliphatic heterocycles. The van der Waals surface area contributed by atoms with Crippen LogP contribution in [-0.2, 0) is 4.74 Å². The number of aromatic nitrogens is 2. The number of nitrogens with two attached hydrogens (primary N) is 1. The van der Waals surface area contributed by atoms with Crippen LogP contribution in [0.4, 0.5) is 11.6 Å². The summed E-state index contributed by atoms with van der Waals surface area (Å²) in [6.45, 7) is 4.37. The summed E-state index contributed by atoms with van der Waals surface area (Å²) in [5, 5.41) is 3.41. The molecule has 5 nitrogen and oxygen atoms in total. The average Bonchev–Trinajstić information content (AvgIpc) is 2.43. The standard InChI is InChI=1S/C15H20N4O/c1-15(2)11(8-12(15)20-3)19-14-13(16)17-9-6-4-5-7-10(9)18-14/h4-7,11-12H,8H2,1-3H3,(H2,16,17)(H,18,19). The lowest BCUT2D eigenvalue weighted by molar-refractivity contribution is -0.0795. The highest BCUT2D eigenvalue weighted by atomic mass is 16.5. The van der Waals surface area contributed by atoms with Gasteiger partial charge in [-0.15, -0.1) is 0 Å². The molecule has 0 saturated heterocycles. The highest BCUT2D eigenvalue weighted by molar-refractivity contribution is 5.79. The van der Waals surface area contributed by atoms with Crippen molar-refractivity contribution < 1.29 is 4.74 Å². The number of nitrogens with zero attached hydrogens (tertiary/aromatic N) is 2. The number of fused-ring (bicyclic) bond motifs is 1. The van der Waals surface area contributed by atoms with E-state index in [-0.39, 0.29) is 11.5 Å². The zero-order chi connectivity index (χ0) is 14.3. The number of anilines is 2. The molecule has 1 heterocycles. The summed E-state index contributed by atoms with van der Waals surface area (Å²) in [6, 6.07) is 8.03. The van der Waals surface area contributed by atoms with Crippen LogP contribution in [-0.4, -0.2) is 29.2 Å². The van der Waals surface area contributed by atoms with Crippen molar-refractivity contribution in [1.29, 1.82) is 0 Å². The number of nitrogen functional groups attached to an aromatic ring is 1. The molecule has 3 rings (SSSR count). The van der Waals surface area contributed by atoms with Gasteiger partial charge in [0.25, 0.3) is 0 Å². The Balaban J connectivity index is 1.87. The lowest BCUT2D eigenvalue weighted by Crippen LogP contribution is -2.57. The van der Waals surface area contributed by atoms with Crippen LogP contribution in [0.3, 0.4) is 0 Å². The number of para-hydroxylation sites is 2. The number of nitrogens with one attached hydrogen (secondary N) is 1. The lowest BCUT2D eigenvalue weighted by Gasteiger charge is -2.51. The van der Waals surface area contributed by atoms with E-state index in [4.69, 9.17) is 10.5 Å². The largest absolute Gasteiger partial charge is 0.381 e. The highest BCUT2D eigenvalue weighted by Gasteiger charge is 2.48. The summed E-state index contributed by atoms with van der Waals surface area (Å²) in [5.74, 6) is 1.11. The maximum atomic E-state index is 6.00. The van der Waals surface area contributed by atoms with E-state index in [2.05, 4.69) is 29.1 Å². The predicted octanol–water partition coefficient (Wildman–Crippen LogP) is 2.44. The summed E-state index contributed by atoms with van der Waals surface area (Å²) in [6.07, 6.45) is 1.23. The minimum atomic E-state index is 0.0640. The zero-order valence-electron chi connectivity index (χ0n) is 12.1. The van der Waals surface area contributed by atoms with Gasteiger partial charge in [0, 0.05) is 18.6 Å². The van der Waals surface area contributed by atoms with Crippen molar-refractivity contribution >= 4 is 22.7 Å². The van der Waals surface area contributed by atoms with E-state index in [1.54, 1.807) is 7.11 Å². The van der Waals surface area contributed by atoms with E-state index in [0.29, 0.717) is 17.7 Å². The fourth-order valence-corrected chi connectivity index (χ4v) is 2.82. The van der Waals surface area contributed by atoms with Crippen molar-refractivity contribution in [3.05, 3.63) is 24.3 Å². The second-order valence-corrected chi connectivity index (χ2v) is 5.92. The Labute approximate surface area is 118 Å². The van der Waals surface area contributed by atoms with Gasteiger partial charge in [0.05, 0.1) is 17.1 Å². The topological polar surface area (TPSA) is 73.1 Å². The Hall–Kier alpha value is -1.88. The Bertz CT molecular complexity index is 641. The maximum Gasteiger partial charge on any atom is 0.169 e. The smallest absolute Gasteiger partial charge is 0.169 e. The number of hydrogen-bond donors (Lipinski definition) is 2. The molecule has 1 fully saturated rings. The van der Waals surface area contributed by atoms with Crippen LogP contribution in [0.1, 0.15) is 20.3 Å². The average molecular weight is 272 g/mol. The Morgan fingerprint density at radius 2 is 1.90 bits per heavy atom. The first-order valence-electron chi connectivity index (χ1n) is 6.84. The van der Waals surface area contributed by atoms with Crippen molar-refractivity contribution in [2.75, 3.05) is 18.2 Å². The van der Waals surface area contributed by atoms with Crippen molar-refractivity contribution in [3.63, 3.8) is 0 Å². The van der Waals surface area contributed by atoms with E-state index in [0.717, 1.165) is 17.5 Å². The van der Waals surface area contributed by atoms with E-state index in [1.807, 2.05) is 24.3 Å². The molecule has 2 unspecified atom stereocenters. The number of benzene rings is 1. The second kappa shape index (κ2) is 4.59. The molecule has 1 aromatic carbocycles. The van der Waals surface area contributed by atoms with Crippen LogP contribution >= 0.6 is 0 Å². The van der Waals surface area contributed by atoms with Crippen LogP contribution in [0.15, 0.2) is 24.3 Å². The van der Waals surface area contributed by atoms with Gasteiger partial charge >= 0.3 is 0 Å². The van der Waals surface area contributed by atoms with Crippen LogP contribution in [0.5, 0.6) is 0 Å². The normalized spacial score (nSPS) is 24.4. The maximum absolute atomic E-state index is 6.00. The van der Waals surface area contributed by atoms with Crippen LogP contribution in [0.25, 0.3) is 11.0 Å². The fraction of sp³-hybridized carbons (Fsp3) is 0.467. The van der Waals surface area contributed by atoms with Crippen molar-refractivity contribution in [1.82, 2.24) is 9.97 Å². The van der Waals surface area contributed by atoms with Gasteiger partial charge in [-0.25, -0.2) is 9.97 Å². The van der Waals surface area contributed by atoms with Gasteiger partial charge in [-0.05, 0) is 18.6 Å². The lowest BCUT2D eigenvalue weighted by atomic mass is 9.64. The first kappa shape index (κ1) is 13.1. The minimum absolute atomic E-state index is 0.0640. The molecule has 1 aliphatic rings. The van der Waals surface area contributed by atoms with E-state index >= 15 is 0 Å². The molecule has 0 radical (unpaired) electrons. The van der Waals surface area contributed by atoms with Crippen LogP contribution in [0.2, 0.25) is 0 Å². The second-order valence-electron chi connectivity index (χ2n) is 5.92. The third-order valence-corrected chi connectivity index (χ3v) is 4.37. The van der Waals surface area contributed by atoms with Crippen molar-refractivity contribution in [3.8, 4) is 0 Å². The van der Waals surface area contributed by atoms with Crippen molar-refractivity contribution in [2.45, 2.75) is 32.4 Å². The molecule has 0 bridgehead atoms. The highest BCUT2D eigenvalue weighted by Crippen LogP contribution is 2.44. The molecule has 2 aromatic rings. The zero-order valence-corrected chi connectivity index (χ0v) is 12.1. The van der Waals surface area contributed by atoms with Crippen molar-refractivity contribution in [2.24, 2.45) is 5.41 Å². The number of hydrogen-bond acceptors (Lipinski definition) is 5. The Morgan fingerprint density at radius 1 is 1.25 bits per heavy atom. The molecule has 1 saturated carbocycles. The number of ether oxygens (including phenoxy) is 1. The first-order chi connectivity index (χ1) is 9.52. The molecule has 1 aliphatic carbocycles. The van der Waals surface area contributed by atoms with Gasteiger partial charge < -0.3 is 15.8 Å². The van der Waals surface area contributed by atoms with Crippen LogP contribution in [0, 0.1) is 5.41 Å². The van der Waals surface area contributed by atoms with Gasteiger partial charge in [-0.1, -0.05) is 26.0 Å². The third kappa shape index (κ3) is 1.98. The van der Waals surface area contributed by atoms with E-state index in [9.17, 15) is 0 Å². The number of rotatable bonds is 3. The summed E-state index contributed by atoms with van der Waals surface area (Å²) in [4.78, 5) is 8.97. The molecular weight excluding hydrogens is 252 g/mol. The SMILES string of the molecule is COC1CC(Nc2nc3ccccc3nc2N)C1(C)C. The Kier molecular flexibility index (Phi) is 3.01. The molecule has 3 N–H and O–H groups in total. The van der Waals surface area contributed by atoms with Gasteiger partial charge in [0.2, 0.25) is 0 Å². The van der Waals surface area contributed by atoms with Gasteiger partial charge in [0.1, 0.15) is 0 Å². The third-order valence-electron chi connectivity index (χ3n) is 4.37. The van der Waals surface area contributed by atoms with E-state index < -0.39 is 0 Å². The van der Waals surface area contributed by atoms with Gasteiger partial charge in [0.15, 0.2) is 11.6 Å². The van der Waals surface area contributed by atoms with Gasteiger partial charge in [-0.3, -0.25) is 0 Å². The molecule has 0 amide bonds. The van der Waals surface area contributed by atoms with E-state index in [1.165, 1.54) is 0 Å². The molecule has 5 heteroatoms. The molecule has 0 spiro atoms. The number of methoxy groups -OCH3 is 1. The molecule has 2 atom stereocenters. The van der Waals surface area contributed by atoms with Crippen LogP contribution < -0.4 is 11.1 Å². The molecule has 106 valence electrons. The Morgan fingerprint density at radius 3 is 2.50 bits per heavy atom. The van der Waals surface area contributed by atoms with Gasteiger partial charge in [-0.2, -0.15) is 0 Å². The fourth-order valence-electron chi connectivity index (χ4n) is 2.82. The molecular formula is C15H20N4O. The summed E-state index contributed by atoms with van der Waals surface area (Å²) in [5.41, 5.74) is 7.74. The summed E-state index contributed by atoms with van der Waals surface area (Å²) < 4.78 is 5.46. The summed E-state index contributed by atoms with van der Waals surface area (Å²) in [7, 11) is 1.76.